The van der Waals surface area contributed by atoms with Crippen LogP contribution in [0.4, 0.5) is 5.82 Å². The lowest BCUT2D eigenvalue weighted by Gasteiger charge is -2.26. The Morgan fingerprint density at radius 1 is 1.19 bits per heavy atom. The van der Waals surface area contributed by atoms with Crippen LogP contribution in [0.3, 0.4) is 0 Å². The lowest BCUT2D eigenvalue weighted by molar-refractivity contribution is -0.116. The summed E-state index contributed by atoms with van der Waals surface area (Å²) in [6.07, 6.45) is 6.75. The molecule has 4 rings (SSSR count). The number of phenolic OH excluding ortho intramolecular Hbond substituents is 1. The first kappa shape index (κ1) is 16.8. The van der Waals surface area contributed by atoms with Crippen LogP contribution in [0.15, 0.2) is 18.3 Å². The second-order valence-electron chi connectivity index (χ2n) is 6.91. The standard InChI is InChI=1S/C19H23N3O4/c1-25-15-7-11(8-16(26-2)18(15)24)13-9-17(23)21-19-14(13)10-20-22(19)12-5-3-4-6-12/h7-8,10,12-13,24H,3-6,9H2,1-2H3,(H,21,23). The Kier molecular flexibility index (Phi) is 4.22. The molecule has 2 heterocycles. The number of hydrogen-bond donors (Lipinski definition) is 2. The molecule has 1 unspecified atom stereocenters. The van der Waals surface area contributed by atoms with Gasteiger partial charge in [-0.05, 0) is 30.5 Å². The van der Waals surface area contributed by atoms with Gasteiger partial charge in [-0.25, -0.2) is 4.68 Å². The molecule has 1 saturated carbocycles. The Morgan fingerprint density at radius 3 is 2.46 bits per heavy atom. The fourth-order valence-electron chi connectivity index (χ4n) is 4.08. The Hall–Kier alpha value is -2.70. The minimum atomic E-state index is -0.155. The highest BCUT2D eigenvalue weighted by molar-refractivity contribution is 5.94. The number of nitrogens with zero attached hydrogens (tertiary/aromatic N) is 2. The first-order chi connectivity index (χ1) is 12.6. The van der Waals surface area contributed by atoms with Crippen LogP contribution in [-0.2, 0) is 4.79 Å². The molecule has 138 valence electrons. The number of carbonyl (C=O) groups is 1. The number of amides is 1. The Bertz CT molecular complexity index is 814. The second-order valence-corrected chi connectivity index (χ2v) is 6.91. The molecule has 2 aliphatic rings. The van der Waals surface area contributed by atoms with E-state index in [-0.39, 0.29) is 17.6 Å². The van der Waals surface area contributed by atoms with Gasteiger partial charge < -0.3 is 19.9 Å². The molecule has 1 atom stereocenters. The quantitative estimate of drug-likeness (QED) is 0.878. The van der Waals surface area contributed by atoms with E-state index in [2.05, 4.69) is 10.4 Å². The monoisotopic (exact) mass is 357 g/mol. The summed E-state index contributed by atoms with van der Waals surface area (Å²) in [6.45, 7) is 0. The molecule has 0 spiro atoms. The number of ether oxygens (including phenoxy) is 2. The highest BCUT2D eigenvalue weighted by Gasteiger charge is 2.33. The van der Waals surface area contributed by atoms with Crippen LogP contribution in [0.1, 0.15) is 55.2 Å². The van der Waals surface area contributed by atoms with E-state index in [1.807, 2.05) is 10.9 Å². The van der Waals surface area contributed by atoms with Gasteiger partial charge in [-0.1, -0.05) is 12.8 Å². The highest BCUT2D eigenvalue weighted by Crippen LogP contribution is 2.45. The summed E-state index contributed by atoms with van der Waals surface area (Å²) in [5.74, 6) is 1.22. The molecule has 2 N–H and O–H groups in total. The van der Waals surface area contributed by atoms with Crippen LogP contribution < -0.4 is 14.8 Å². The molecular weight excluding hydrogens is 334 g/mol. The van der Waals surface area contributed by atoms with Crippen molar-refractivity contribution < 1.29 is 19.4 Å². The van der Waals surface area contributed by atoms with Crippen molar-refractivity contribution in [1.29, 1.82) is 0 Å². The van der Waals surface area contributed by atoms with Gasteiger partial charge in [-0.3, -0.25) is 4.79 Å². The van der Waals surface area contributed by atoms with Gasteiger partial charge in [-0.2, -0.15) is 5.10 Å². The molecule has 1 aliphatic carbocycles. The minimum absolute atomic E-state index is 0.0340. The van der Waals surface area contributed by atoms with Crippen LogP contribution in [0.5, 0.6) is 17.2 Å². The van der Waals surface area contributed by atoms with Gasteiger partial charge in [0.1, 0.15) is 5.82 Å². The van der Waals surface area contributed by atoms with Crippen LogP contribution in [0.2, 0.25) is 0 Å². The summed E-state index contributed by atoms with van der Waals surface area (Å²) in [6, 6.07) is 3.87. The summed E-state index contributed by atoms with van der Waals surface area (Å²) < 4.78 is 12.5. The Labute approximate surface area is 151 Å². The second kappa shape index (κ2) is 6.55. The number of rotatable bonds is 4. The number of phenols is 1. The smallest absolute Gasteiger partial charge is 0.226 e. The predicted octanol–water partition coefficient (Wildman–Crippen LogP) is 3.20. The molecule has 1 aromatic carbocycles. The van der Waals surface area contributed by atoms with Crippen LogP contribution in [0.25, 0.3) is 0 Å². The number of anilines is 1. The van der Waals surface area contributed by atoms with Crippen molar-refractivity contribution in [2.45, 2.75) is 44.1 Å². The SMILES string of the molecule is COc1cc(C2CC(=O)Nc3c2cnn3C2CCCC2)cc(OC)c1O. The molecule has 0 saturated heterocycles. The summed E-state index contributed by atoms with van der Waals surface area (Å²) in [5.41, 5.74) is 1.85. The summed E-state index contributed by atoms with van der Waals surface area (Å²) in [4.78, 5) is 12.4. The number of benzene rings is 1. The Balaban J connectivity index is 1.78. The van der Waals surface area contributed by atoms with E-state index in [4.69, 9.17) is 9.47 Å². The maximum Gasteiger partial charge on any atom is 0.226 e. The van der Waals surface area contributed by atoms with Crippen LogP contribution in [0, 0.1) is 0 Å². The van der Waals surface area contributed by atoms with E-state index in [0.717, 1.165) is 29.8 Å². The third-order valence-corrected chi connectivity index (χ3v) is 5.42. The normalized spacial score (nSPS) is 19.9. The van der Waals surface area contributed by atoms with Gasteiger partial charge >= 0.3 is 0 Å². The zero-order chi connectivity index (χ0) is 18.3. The molecule has 2 aromatic rings. The molecule has 26 heavy (non-hydrogen) atoms. The van der Waals surface area contributed by atoms with Crippen molar-refractivity contribution in [1.82, 2.24) is 9.78 Å². The minimum Gasteiger partial charge on any atom is -0.502 e. The third-order valence-electron chi connectivity index (χ3n) is 5.42. The largest absolute Gasteiger partial charge is 0.502 e. The molecular formula is C19H23N3O4. The number of hydrogen-bond acceptors (Lipinski definition) is 5. The van der Waals surface area contributed by atoms with Crippen molar-refractivity contribution >= 4 is 11.7 Å². The number of methoxy groups -OCH3 is 2. The van der Waals surface area contributed by atoms with Crippen LogP contribution >= 0.6 is 0 Å². The number of nitrogens with one attached hydrogen (secondary N) is 1. The van der Waals surface area contributed by atoms with Gasteiger partial charge in [0, 0.05) is 17.9 Å². The van der Waals surface area contributed by atoms with E-state index in [1.54, 1.807) is 12.1 Å². The average molecular weight is 357 g/mol. The first-order valence-electron chi connectivity index (χ1n) is 8.94. The van der Waals surface area contributed by atoms with Crippen molar-refractivity contribution in [2.24, 2.45) is 0 Å². The summed E-state index contributed by atoms with van der Waals surface area (Å²) in [7, 11) is 2.99. The average Bonchev–Trinajstić information content (AvgIpc) is 3.30. The maximum atomic E-state index is 12.4. The zero-order valence-corrected chi connectivity index (χ0v) is 15.0. The van der Waals surface area contributed by atoms with Gasteiger partial charge in [0.15, 0.2) is 11.5 Å². The molecule has 1 aromatic heterocycles. The van der Waals surface area contributed by atoms with Crippen molar-refractivity contribution in [3.63, 3.8) is 0 Å². The third kappa shape index (κ3) is 2.67. The number of fused-ring (bicyclic) bond motifs is 1. The summed E-state index contributed by atoms with van der Waals surface area (Å²) >= 11 is 0. The molecule has 0 bridgehead atoms. The molecule has 0 radical (unpaired) electrons. The molecule has 1 fully saturated rings. The number of aromatic hydroxyl groups is 1. The highest BCUT2D eigenvalue weighted by atomic mass is 16.5. The van der Waals surface area contributed by atoms with Gasteiger partial charge in [0.2, 0.25) is 11.7 Å². The molecule has 7 nitrogen and oxygen atoms in total. The van der Waals surface area contributed by atoms with E-state index in [1.165, 1.54) is 27.1 Å². The van der Waals surface area contributed by atoms with Crippen LogP contribution in [-0.4, -0.2) is 35.0 Å². The van der Waals surface area contributed by atoms with E-state index in [9.17, 15) is 9.90 Å². The van der Waals surface area contributed by atoms with Crippen molar-refractivity contribution in [2.75, 3.05) is 19.5 Å². The van der Waals surface area contributed by atoms with Gasteiger partial charge in [-0.15, -0.1) is 0 Å². The van der Waals surface area contributed by atoms with Crippen molar-refractivity contribution in [3.05, 3.63) is 29.5 Å². The molecule has 1 amide bonds. The fourth-order valence-corrected chi connectivity index (χ4v) is 4.08. The molecule has 7 heteroatoms. The van der Waals surface area contributed by atoms with E-state index < -0.39 is 0 Å². The lowest BCUT2D eigenvalue weighted by atomic mass is 9.87. The first-order valence-corrected chi connectivity index (χ1v) is 8.94. The topological polar surface area (TPSA) is 85.6 Å². The number of carbonyl (C=O) groups excluding carboxylic acids is 1. The fraction of sp³-hybridized carbons (Fsp3) is 0.474. The summed E-state index contributed by atoms with van der Waals surface area (Å²) in [5, 5.41) is 17.7. The van der Waals surface area contributed by atoms with E-state index >= 15 is 0 Å². The lowest BCUT2D eigenvalue weighted by Crippen LogP contribution is -2.25. The maximum absolute atomic E-state index is 12.4. The van der Waals surface area contributed by atoms with Gasteiger partial charge in [0.25, 0.3) is 0 Å². The predicted molar refractivity (Wildman–Crippen MR) is 96.0 cm³/mol. The Morgan fingerprint density at radius 2 is 1.85 bits per heavy atom. The van der Waals surface area contributed by atoms with Gasteiger partial charge in [0.05, 0.1) is 26.5 Å². The van der Waals surface area contributed by atoms with Crippen molar-refractivity contribution in [3.8, 4) is 17.2 Å². The molecule has 1 aliphatic heterocycles. The van der Waals surface area contributed by atoms with E-state index in [0.29, 0.717) is 24.0 Å². The number of aromatic nitrogens is 2. The zero-order valence-electron chi connectivity index (χ0n) is 15.0.